The normalized spacial score (nSPS) is 14.4. The molecule has 0 unspecified atom stereocenters. The summed E-state index contributed by atoms with van der Waals surface area (Å²) in [5.74, 6) is 0.295. The highest BCUT2D eigenvalue weighted by Crippen LogP contribution is 2.23. The molecule has 0 radical (unpaired) electrons. The van der Waals surface area contributed by atoms with Gasteiger partial charge in [0.25, 0.3) is 6.02 Å². The molecule has 0 aliphatic carbocycles. The average molecular weight is 220 g/mol. The van der Waals surface area contributed by atoms with Gasteiger partial charge in [0.1, 0.15) is 12.4 Å². The highest BCUT2D eigenvalue weighted by molar-refractivity contribution is 5.90. The van der Waals surface area contributed by atoms with Crippen LogP contribution in [0.15, 0.2) is 23.2 Å². The third kappa shape index (κ3) is 2.45. The summed E-state index contributed by atoms with van der Waals surface area (Å²) in [6.45, 7) is 3.46. The molecule has 0 bridgehead atoms. The Morgan fingerprint density at radius 2 is 2.38 bits per heavy atom. The largest absolute Gasteiger partial charge is 0.508 e. The molecule has 0 atom stereocenters. The Balaban J connectivity index is 2.18. The molecule has 2 rings (SSSR count). The van der Waals surface area contributed by atoms with E-state index < -0.39 is 0 Å². The molecule has 1 aliphatic heterocycles. The number of aryl methyl sites for hydroxylation is 1. The minimum Gasteiger partial charge on any atom is -0.508 e. The fourth-order valence-electron chi connectivity index (χ4n) is 1.70. The number of hydrogen-bond acceptors (Lipinski definition) is 4. The van der Waals surface area contributed by atoms with Crippen LogP contribution in [0.5, 0.6) is 5.75 Å². The van der Waals surface area contributed by atoms with Crippen molar-refractivity contribution in [1.82, 2.24) is 0 Å². The van der Waals surface area contributed by atoms with Gasteiger partial charge in [0.15, 0.2) is 0 Å². The fraction of sp³-hybridized carbons (Fsp3) is 0.417. The van der Waals surface area contributed by atoms with Crippen molar-refractivity contribution in [2.24, 2.45) is 4.99 Å². The topological polar surface area (TPSA) is 53.8 Å². The maximum absolute atomic E-state index is 9.44. The van der Waals surface area contributed by atoms with Crippen LogP contribution < -0.4 is 5.32 Å². The average Bonchev–Trinajstić information content (AvgIpc) is 2.75. The number of ether oxygens (including phenoxy) is 1. The summed E-state index contributed by atoms with van der Waals surface area (Å²) >= 11 is 0. The minimum absolute atomic E-state index is 0.295. The number of rotatable bonds is 3. The third-order valence-corrected chi connectivity index (χ3v) is 2.44. The first kappa shape index (κ1) is 10.8. The lowest BCUT2D eigenvalue weighted by atomic mass is 10.1. The SMILES string of the molecule is CCCc1cc(O)ccc1NC1=NCCO1. The maximum atomic E-state index is 9.44. The Morgan fingerprint density at radius 3 is 3.06 bits per heavy atom. The van der Waals surface area contributed by atoms with E-state index in [1.54, 1.807) is 12.1 Å². The van der Waals surface area contributed by atoms with E-state index in [1.165, 1.54) is 0 Å². The van der Waals surface area contributed by atoms with Gasteiger partial charge in [0.05, 0.1) is 6.54 Å². The molecule has 1 aromatic carbocycles. The van der Waals surface area contributed by atoms with Crippen molar-refractivity contribution < 1.29 is 9.84 Å². The Labute approximate surface area is 95.0 Å². The Bertz CT molecular complexity index is 402. The van der Waals surface area contributed by atoms with Crippen LogP contribution in [0, 0.1) is 0 Å². The van der Waals surface area contributed by atoms with Gasteiger partial charge in [0.2, 0.25) is 0 Å². The summed E-state index contributed by atoms with van der Waals surface area (Å²) < 4.78 is 5.30. The van der Waals surface area contributed by atoms with Gasteiger partial charge in [-0.2, -0.15) is 0 Å². The number of phenolic OH excluding ortho intramolecular Hbond substituents is 1. The number of nitrogens with zero attached hydrogens (tertiary/aromatic N) is 1. The molecule has 0 spiro atoms. The van der Waals surface area contributed by atoms with Crippen LogP contribution in [0.1, 0.15) is 18.9 Å². The second-order valence-electron chi connectivity index (χ2n) is 3.75. The first-order chi connectivity index (χ1) is 7.79. The van der Waals surface area contributed by atoms with Crippen molar-refractivity contribution in [3.05, 3.63) is 23.8 Å². The van der Waals surface area contributed by atoms with Crippen molar-refractivity contribution in [2.75, 3.05) is 18.5 Å². The zero-order valence-corrected chi connectivity index (χ0v) is 9.36. The number of amidine groups is 1. The monoisotopic (exact) mass is 220 g/mol. The second kappa shape index (κ2) is 4.88. The molecule has 1 aliphatic rings. The van der Waals surface area contributed by atoms with Crippen molar-refractivity contribution in [2.45, 2.75) is 19.8 Å². The predicted octanol–water partition coefficient (Wildman–Crippen LogP) is 2.14. The summed E-state index contributed by atoms with van der Waals surface area (Å²) in [5.41, 5.74) is 2.04. The Hall–Kier alpha value is -1.71. The highest BCUT2D eigenvalue weighted by atomic mass is 16.5. The summed E-state index contributed by atoms with van der Waals surface area (Å²) in [6.07, 6.45) is 1.95. The van der Waals surface area contributed by atoms with E-state index in [-0.39, 0.29) is 0 Å². The Morgan fingerprint density at radius 1 is 1.50 bits per heavy atom. The maximum Gasteiger partial charge on any atom is 0.289 e. The minimum atomic E-state index is 0.295. The number of benzene rings is 1. The smallest absolute Gasteiger partial charge is 0.289 e. The molecule has 86 valence electrons. The molecule has 0 fully saturated rings. The quantitative estimate of drug-likeness (QED) is 0.767. The van der Waals surface area contributed by atoms with Gasteiger partial charge in [-0.25, -0.2) is 4.99 Å². The van der Waals surface area contributed by atoms with E-state index in [2.05, 4.69) is 17.2 Å². The molecular formula is C12H16N2O2. The molecule has 0 saturated carbocycles. The number of anilines is 1. The second-order valence-corrected chi connectivity index (χ2v) is 3.75. The molecular weight excluding hydrogens is 204 g/mol. The molecule has 16 heavy (non-hydrogen) atoms. The number of phenols is 1. The predicted molar refractivity (Wildman–Crippen MR) is 64.0 cm³/mol. The molecule has 2 N–H and O–H groups in total. The van der Waals surface area contributed by atoms with Gasteiger partial charge in [0, 0.05) is 5.69 Å². The van der Waals surface area contributed by atoms with Crippen LogP contribution in [-0.4, -0.2) is 24.3 Å². The number of aliphatic imine (C=N–C) groups is 1. The van der Waals surface area contributed by atoms with Crippen LogP contribution in [0.2, 0.25) is 0 Å². The van der Waals surface area contributed by atoms with Gasteiger partial charge in [-0.3, -0.25) is 0 Å². The number of nitrogens with one attached hydrogen (secondary N) is 1. The summed E-state index contributed by atoms with van der Waals surface area (Å²) in [5, 5.41) is 12.6. The first-order valence-corrected chi connectivity index (χ1v) is 5.55. The lowest BCUT2D eigenvalue weighted by Crippen LogP contribution is -2.13. The fourth-order valence-corrected chi connectivity index (χ4v) is 1.70. The van der Waals surface area contributed by atoms with Crippen molar-refractivity contribution >= 4 is 11.7 Å². The van der Waals surface area contributed by atoms with Gasteiger partial charge in [-0.15, -0.1) is 0 Å². The van der Waals surface area contributed by atoms with Crippen LogP contribution in [0.25, 0.3) is 0 Å². The zero-order valence-electron chi connectivity index (χ0n) is 9.36. The zero-order chi connectivity index (χ0) is 11.4. The van der Waals surface area contributed by atoms with E-state index in [9.17, 15) is 5.11 Å². The van der Waals surface area contributed by atoms with Gasteiger partial charge < -0.3 is 15.2 Å². The first-order valence-electron chi connectivity index (χ1n) is 5.55. The molecule has 4 heteroatoms. The standard InChI is InChI=1S/C12H16N2O2/c1-2-3-9-8-10(15)4-5-11(9)14-12-13-6-7-16-12/h4-5,8,15H,2-3,6-7H2,1H3,(H,13,14). The molecule has 0 amide bonds. The van der Waals surface area contributed by atoms with E-state index in [4.69, 9.17) is 4.74 Å². The van der Waals surface area contributed by atoms with Crippen molar-refractivity contribution in [3.8, 4) is 5.75 Å². The van der Waals surface area contributed by atoms with E-state index in [1.807, 2.05) is 6.07 Å². The third-order valence-electron chi connectivity index (χ3n) is 2.44. The summed E-state index contributed by atoms with van der Waals surface area (Å²) in [6, 6.07) is 5.87. The number of aromatic hydroxyl groups is 1. The van der Waals surface area contributed by atoms with Gasteiger partial charge >= 0.3 is 0 Å². The van der Waals surface area contributed by atoms with E-state index in [0.717, 1.165) is 24.1 Å². The molecule has 1 aromatic rings. The summed E-state index contributed by atoms with van der Waals surface area (Å²) in [7, 11) is 0. The lowest BCUT2D eigenvalue weighted by molar-refractivity contribution is 0.346. The van der Waals surface area contributed by atoms with E-state index in [0.29, 0.717) is 24.9 Å². The van der Waals surface area contributed by atoms with Crippen molar-refractivity contribution in [1.29, 1.82) is 0 Å². The van der Waals surface area contributed by atoms with Gasteiger partial charge in [-0.1, -0.05) is 13.3 Å². The van der Waals surface area contributed by atoms with Crippen LogP contribution in [0.3, 0.4) is 0 Å². The lowest BCUT2D eigenvalue weighted by Gasteiger charge is -2.11. The highest BCUT2D eigenvalue weighted by Gasteiger charge is 2.10. The van der Waals surface area contributed by atoms with Crippen LogP contribution in [0.4, 0.5) is 5.69 Å². The van der Waals surface area contributed by atoms with Crippen LogP contribution >= 0.6 is 0 Å². The van der Waals surface area contributed by atoms with Gasteiger partial charge in [-0.05, 0) is 30.2 Å². The summed E-state index contributed by atoms with van der Waals surface area (Å²) in [4.78, 5) is 4.18. The van der Waals surface area contributed by atoms with Crippen molar-refractivity contribution in [3.63, 3.8) is 0 Å². The molecule has 1 heterocycles. The number of hydrogen-bond donors (Lipinski definition) is 2. The van der Waals surface area contributed by atoms with Crippen LogP contribution in [-0.2, 0) is 11.2 Å². The Kier molecular flexibility index (Phi) is 3.29. The van der Waals surface area contributed by atoms with E-state index >= 15 is 0 Å². The molecule has 0 saturated heterocycles. The molecule has 4 nitrogen and oxygen atoms in total. The molecule has 0 aromatic heterocycles.